The van der Waals surface area contributed by atoms with Crippen molar-refractivity contribution in [2.75, 3.05) is 0 Å². The third-order valence-corrected chi connectivity index (χ3v) is 3.23. The van der Waals surface area contributed by atoms with Crippen LogP contribution in [0, 0.1) is 0 Å². The molecule has 2 aromatic carbocycles. The van der Waals surface area contributed by atoms with E-state index in [1.165, 1.54) is 18.2 Å². The van der Waals surface area contributed by atoms with Gasteiger partial charge >= 0.3 is 0 Å². The van der Waals surface area contributed by atoms with Crippen LogP contribution in [0.4, 0.5) is 0 Å². The van der Waals surface area contributed by atoms with Gasteiger partial charge < -0.3 is 15.4 Å². The SMILES string of the molecule is O/N=C(/Cc1ccc(Br)cc1)c1ccc(O)cc1O. The number of hydrogen-bond acceptors (Lipinski definition) is 4. The van der Waals surface area contributed by atoms with Crippen molar-refractivity contribution in [1.29, 1.82) is 0 Å². The summed E-state index contributed by atoms with van der Waals surface area (Å²) < 4.78 is 0.964. The van der Waals surface area contributed by atoms with Gasteiger partial charge in [-0.25, -0.2) is 0 Å². The number of halogens is 1. The molecule has 3 N–H and O–H groups in total. The minimum atomic E-state index is -0.120. The van der Waals surface area contributed by atoms with E-state index < -0.39 is 0 Å². The van der Waals surface area contributed by atoms with Crippen LogP contribution in [0.3, 0.4) is 0 Å². The highest BCUT2D eigenvalue weighted by molar-refractivity contribution is 9.10. The van der Waals surface area contributed by atoms with Crippen molar-refractivity contribution in [3.05, 3.63) is 58.1 Å². The van der Waals surface area contributed by atoms with Crippen molar-refractivity contribution in [1.82, 2.24) is 0 Å². The fourth-order valence-electron chi connectivity index (χ4n) is 1.74. The number of oxime groups is 1. The second-order valence-electron chi connectivity index (χ2n) is 4.05. The van der Waals surface area contributed by atoms with Crippen molar-refractivity contribution in [3.63, 3.8) is 0 Å². The molecular weight excluding hydrogens is 310 g/mol. The normalized spacial score (nSPS) is 11.5. The molecule has 0 spiro atoms. The molecule has 0 heterocycles. The predicted octanol–water partition coefficient (Wildman–Crippen LogP) is 3.28. The van der Waals surface area contributed by atoms with Gasteiger partial charge in [0.1, 0.15) is 11.5 Å². The van der Waals surface area contributed by atoms with E-state index in [4.69, 9.17) is 5.21 Å². The van der Waals surface area contributed by atoms with Gasteiger partial charge in [0.05, 0.1) is 5.71 Å². The van der Waals surface area contributed by atoms with E-state index in [9.17, 15) is 10.2 Å². The van der Waals surface area contributed by atoms with Gasteiger partial charge in [0.25, 0.3) is 0 Å². The standard InChI is InChI=1S/C14H12BrNO3/c15-10-3-1-9(2-4-10)7-13(16-19)12-6-5-11(17)8-14(12)18/h1-6,8,17-19H,7H2/b16-13-. The Morgan fingerprint density at radius 3 is 2.32 bits per heavy atom. The van der Waals surface area contributed by atoms with Gasteiger partial charge in [-0.15, -0.1) is 0 Å². The van der Waals surface area contributed by atoms with Crippen LogP contribution >= 0.6 is 15.9 Å². The molecule has 98 valence electrons. The van der Waals surface area contributed by atoms with E-state index >= 15 is 0 Å². The first-order valence-corrected chi connectivity index (χ1v) is 6.37. The molecule has 2 aromatic rings. The highest BCUT2D eigenvalue weighted by atomic mass is 79.9. The Morgan fingerprint density at radius 1 is 1.05 bits per heavy atom. The Labute approximate surface area is 118 Å². The van der Waals surface area contributed by atoms with Gasteiger partial charge in [0.15, 0.2) is 0 Å². The zero-order valence-electron chi connectivity index (χ0n) is 9.92. The van der Waals surface area contributed by atoms with Crippen LogP contribution in [-0.4, -0.2) is 21.1 Å². The van der Waals surface area contributed by atoms with E-state index in [1.807, 2.05) is 24.3 Å². The highest BCUT2D eigenvalue weighted by Crippen LogP contribution is 2.24. The number of hydrogen-bond donors (Lipinski definition) is 3. The van der Waals surface area contributed by atoms with Crippen LogP contribution < -0.4 is 0 Å². The topological polar surface area (TPSA) is 73.1 Å². The number of benzene rings is 2. The Hall–Kier alpha value is -2.01. The Kier molecular flexibility index (Phi) is 4.06. The predicted molar refractivity (Wildman–Crippen MR) is 75.9 cm³/mol. The summed E-state index contributed by atoms with van der Waals surface area (Å²) in [4.78, 5) is 0. The number of rotatable bonds is 3. The molecule has 0 aliphatic carbocycles. The summed E-state index contributed by atoms with van der Waals surface area (Å²) in [5.41, 5.74) is 1.67. The summed E-state index contributed by atoms with van der Waals surface area (Å²) in [5, 5.41) is 31.3. The van der Waals surface area contributed by atoms with Crippen molar-refractivity contribution >= 4 is 21.6 Å². The Morgan fingerprint density at radius 2 is 1.74 bits per heavy atom. The van der Waals surface area contributed by atoms with Crippen molar-refractivity contribution in [3.8, 4) is 11.5 Å². The number of nitrogens with zero attached hydrogens (tertiary/aromatic N) is 1. The van der Waals surface area contributed by atoms with Gasteiger partial charge in [-0.3, -0.25) is 0 Å². The minimum Gasteiger partial charge on any atom is -0.508 e. The number of phenols is 2. The summed E-state index contributed by atoms with van der Waals surface area (Å²) in [5.74, 6) is -0.160. The summed E-state index contributed by atoms with van der Waals surface area (Å²) in [7, 11) is 0. The zero-order valence-corrected chi connectivity index (χ0v) is 11.5. The lowest BCUT2D eigenvalue weighted by Crippen LogP contribution is -2.05. The van der Waals surface area contributed by atoms with Gasteiger partial charge in [-0.05, 0) is 29.8 Å². The van der Waals surface area contributed by atoms with E-state index in [-0.39, 0.29) is 11.5 Å². The molecular formula is C14H12BrNO3. The fraction of sp³-hybridized carbons (Fsp3) is 0.0714. The van der Waals surface area contributed by atoms with E-state index in [0.717, 1.165) is 10.0 Å². The Balaban J connectivity index is 2.28. The third-order valence-electron chi connectivity index (χ3n) is 2.70. The van der Waals surface area contributed by atoms with Gasteiger partial charge in [-0.1, -0.05) is 33.2 Å². The molecule has 0 saturated carbocycles. The maximum atomic E-state index is 9.76. The van der Waals surface area contributed by atoms with Crippen LogP contribution in [0.1, 0.15) is 11.1 Å². The molecule has 0 saturated heterocycles. The number of aromatic hydroxyl groups is 2. The molecule has 0 radical (unpaired) electrons. The third kappa shape index (κ3) is 3.26. The summed E-state index contributed by atoms with van der Waals surface area (Å²) in [6.45, 7) is 0. The molecule has 5 heteroatoms. The molecule has 0 fully saturated rings. The van der Waals surface area contributed by atoms with Gasteiger partial charge in [0, 0.05) is 22.5 Å². The first kappa shape index (κ1) is 13.4. The fourth-order valence-corrected chi connectivity index (χ4v) is 2.01. The molecule has 0 aliphatic rings. The molecule has 2 rings (SSSR count). The summed E-state index contributed by atoms with van der Waals surface area (Å²) in [6.07, 6.45) is 0.377. The smallest absolute Gasteiger partial charge is 0.128 e. The lowest BCUT2D eigenvalue weighted by atomic mass is 10.0. The molecule has 0 aromatic heterocycles. The molecule has 0 amide bonds. The first-order chi connectivity index (χ1) is 9.10. The molecule has 0 unspecified atom stereocenters. The van der Waals surface area contributed by atoms with Crippen LogP contribution in [-0.2, 0) is 6.42 Å². The van der Waals surface area contributed by atoms with E-state index in [2.05, 4.69) is 21.1 Å². The monoisotopic (exact) mass is 321 g/mol. The molecule has 0 aliphatic heterocycles. The summed E-state index contributed by atoms with van der Waals surface area (Å²) >= 11 is 3.35. The van der Waals surface area contributed by atoms with Crippen molar-refractivity contribution < 1.29 is 15.4 Å². The van der Waals surface area contributed by atoms with Crippen molar-refractivity contribution in [2.24, 2.45) is 5.16 Å². The molecule has 0 atom stereocenters. The van der Waals surface area contributed by atoms with Gasteiger partial charge in [0.2, 0.25) is 0 Å². The maximum Gasteiger partial charge on any atom is 0.128 e. The number of phenolic OH excluding ortho intramolecular Hbond substituents is 2. The zero-order chi connectivity index (χ0) is 13.8. The van der Waals surface area contributed by atoms with Crippen molar-refractivity contribution in [2.45, 2.75) is 6.42 Å². The molecule has 4 nitrogen and oxygen atoms in total. The second-order valence-corrected chi connectivity index (χ2v) is 4.97. The lowest BCUT2D eigenvalue weighted by Gasteiger charge is -2.07. The quantitative estimate of drug-likeness (QED) is 0.461. The average molecular weight is 322 g/mol. The van der Waals surface area contributed by atoms with Gasteiger partial charge in [-0.2, -0.15) is 0 Å². The van der Waals surface area contributed by atoms with Crippen LogP contribution in [0.5, 0.6) is 11.5 Å². The minimum absolute atomic E-state index is 0.0396. The van der Waals surface area contributed by atoms with E-state index in [1.54, 1.807) is 0 Å². The first-order valence-electron chi connectivity index (χ1n) is 5.58. The Bertz CT molecular complexity index is 609. The lowest BCUT2D eigenvalue weighted by molar-refractivity contribution is 0.318. The van der Waals surface area contributed by atoms with Crippen LogP contribution in [0.25, 0.3) is 0 Å². The average Bonchev–Trinajstić information content (AvgIpc) is 2.39. The molecule has 0 bridgehead atoms. The van der Waals surface area contributed by atoms with Crippen LogP contribution in [0.15, 0.2) is 52.1 Å². The summed E-state index contributed by atoms with van der Waals surface area (Å²) in [6, 6.07) is 11.7. The molecule has 19 heavy (non-hydrogen) atoms. The van der Waals surface area contributed by atoms with E-state index in [0.29, 0.717) is 17.7 Å². The second kappa shape index (κ2) is 5.75. The van der Waals surface area contributed by atoms with Crippen LogP contribution in [0.2, 0.25) is 0 Å². The largest absolute Gasteiger partial charge is 0.508 e. The highest BCUT2D eigenvalue weighted by Gasteiger charge is 2.11. The maximum absolute atomic E-state index is 9.76.